The van der Waals surface area contributed by atoms with Gasteiger partial charge in [0.05, 0.1) is 13.3 Å². The third-order valence-electron chi connectivity index (χ3n) is 3.09. The number of aryl methyl sites for hydroxylation is 1. The van der Waals surface area contributed by atoms with Gasteiger partial charge in [-0.2, -0.15) is 9.37 Å². The van der Waals surface area contributed by atoms with Crippen molar-refractivity contribution in [2.24, 2.45) is 0 Å². The van der Waals surface area contributed by atoms with E-state index in [2.05, 4.69) is 20.6 Å². The highest BCUT2D eigenvalue weighted by molar-refractivity contribution is 5.96. The summed E-state index contributed by atoms with van der Waals surface area (Å²) in [5.74, 6) is -1.60. The van der Waals surface area contributed by atoms with Crippen LogP contribution in [0.5, 0.6) is 5.88 Å². The Kier molecular flexibility index (Phi) is 5.05. The first-order valence-electron chi connectivity index (χ1n) is 6.80. The van der Waals surface area contributed by atoms with E-state index in [0.29, 0.717) is 11.3 Å². The second-order valence-electron chi connectivity index (χ2n) is 4.87. The van der Waals surface area contributed by atoms with Crippen LogP contribution in [0.3, 0.4) is 0 Å². The van der Waals surface area contributed by atoms with E-state index in [-0.39, 0.29) is 23.6 Å². The van der Waals surface area contributed by atoms with Crippen LogP contribution in [-0.2, 0) is 4.79 Å². The van der Waals surface area contributed by atoms with Crippen LogP contribution in [0.4, 0.5) is 20.4 Å². The van der Waals surface area contributed by atoms with Gasteiger partial charge in [-0.15, -0.1) is 0 Å². The molecule has 1 unspecified atom stereocenters. The van der Waals surface area contributed by atoms with Crippen LogP contribution in [0.2, 0.25) is 0 Å². The van der Waals surface area contributed by atoms with Crippen molar-refractivity contribution in [3.63, 3.8) is 0 Å². The van der Waals surface area contributed by atoms with Crippen molar-refractivity contribution >= 4 is 17.5 Å². The van der Waals surface area contributed by atoms with Crippen LogP contribution in [0.1, 0.15) is 12.5 Å². The van der Waals surface area contributed by atoms with E-state index in [9.17, 15) is 13.6 Å². The quantitative estimate of drug-likeness (QED) is 0.884. The Hall–Kier alpha value is -2.77. The van der Waals surface area contributed by atoms with Gasteiger partial charge in [-0.25, -0.2) is 9.37 Å². The molecular weight excluding hydrogens is 306 g/mol. The number of nitrogens with zero attached hydrogens (tertiary/aromatic N) is 2. The van der Waals surface area contributed by atoms with E-state index in [1.165, 1.54) is 25.3 Å². The molecule has 1 amide bonds. The lowest BCUT2D eigenvalue weighted by Gasteiger charge is -2.15. The van der Waals surface area contributed by atoms with E-state index in [0.717, 1.165) is 6.20 Å². The van der Waals surface area contributed by atoms with Crippen LogP contribution in [0.15, 0.2) is 24.4 Å². The Labute approximate surface area is 131 Å². The normalized spacial score (nSPS) is 11.7. The fourth-order valence-corrected chi connectivity index (χ4v) is 1.83. The Morgan fingerprint density at radius 2 is 2.09 bits per heavy atom. The van der Waals surface area contributed by atoms with Crippen molar-refractivity contribution in [2.75, 3.05) is 17.7 Å². The van der Waals surface area contributed by atoms with Crippen molar-refractivity contribution in [1.29, 1.82) is 0 Å². The van der Waals surface area contributed by atoms with Gasteiger partial charge >= 0.3 is 0 Å². The van der Waals surface area contributed by atoms with Gasteiger partial charge in [0, 0.05) is 5.69 Å². The van der Waals surface area contributed by atoms with Crippen molar-refractivity contribution in [1.82, 2.24) is 9.97 Å². The highest BCUT2D eigenvalue weighted by atomic mass is 19.1. The number of carbonyl (C=O) groups is 1. The Morgan fingerprint density at radius 3 is 2.74 bits per heavy atom. The van der Waals surface area contributed by atoms with Gasteiger partial charge in [-0.1, -0.05) is 0 Å². The molecule has 0 aliphatic carbocycles. The van der Waals surface area contributed by atoms with Gasteiger partial charge in [-0.3, -0.25) is 4.79 Å². The third kappa shape index (κ3) is 4.12. The van der Waals surface area contributed by atoms with E-state index >= 15 is 0 Å². The Bertz CT molecular complexity index is 725. The zero-order chi connectivity index (χ0) is 17.0. The highest BCUT2D eigenvalue weighted by Crippen LogP contribution is 2.17. The molecule has 1 heterocycles. The number of ether oxygens (including phenoxy) is 1. The molecule has 6 nitrogen and oxygen atoms in total. The number of anilines is 2. The number of methoxy groups -OCH3 is 1. The largest absolute Gasteiger partial charge is 0.479 e. The minimum atomic E-state index is -0.699. The van der Waals surface area contributed by atoms with E-state index in [1.807, 2.05) is 0 Å². The molecule has 2 aromatic rings. The number of halogens is 2. The SMILES string of the molecule is COc1nc(NC(C)C(=O)Nc2ccc(F)cc2C)ncc1F. The minimum absolute atomic E-state index is 0.0572. The molecule has 0 bridgehead atoms. The van der Waals surface area contributed by atoms with Crippen LogP contribution in [0, 0.1) is 18.6 Å². The second-order valence-corrected chi connectivity index (χ2v) is 4.87. The van der Waals surface area contributed by atoms with Crippen molar-refractivity contribution in [2.45, 2.75) is 19.9 Å². The van der Waals surface area contributed by atoms with Crippen molar-refractivity contribution < 1.29 is 18.3 Å². The molecule has 23 heavy (non-hydrogen) atoms. The predicted molar refractivity (Wildman–Crippen MR) is 81.4 cm³/mol. The molecule has 2 N–H and O–H groups in total. The fraction of sp³-hybridized carbons (Fsp3) is 0.267. The molecule has 1 aromatic carbocycles. The zero-order valence-corrected chi connectivity index (χ0v) is 12.9. The van der Waals surface area contributed by atoms with Crippen molar-refractivity contribution in [3.8, 4) is 5.88 Å². The molecule has 0 aliphatic heterocycles. The fourth-order valence-electron chi connectivity index (χ4n) is 1.83. The molecule has 8 heteroatoms. The van der Waals surface area contributed by atoms with Gasteiger partial charge in [-0.05, 0) is 37.6 Å². The second kappa shape index (κ2) is 6.99. The van der Waals surface area contributed by atoms with Gasteiger partial charge in [0.15, 0.2) is 0 Å². The number of hydrogen-bond donors (Lipinski definition) is 2. The summed E-state index contributed by atoms with van der Waals surface area (Å²) in [7, 11) is 1.28. The van der Waals surface area contributed by atoms with Gasteiger partial charge in [0.25, 0.3) is 5.88 Å². The Balaban J connectivity index is 2.05. The maximum Gasteiger partial charge on any atom is 0.255 e. The number of amides is 1. The van der Waals surface area contributed by atoms with Gasteiger partial charge < -0.3 is 15.4 Å². The minimum Gasteiger partial charge on any atom is -0.479 e. The molecule has 0 saturated carbocycles. The molecule has 122 valence electrons. The van der Waals surface area contributed by atoms with E-state index < -0.39 is 11.9 Å². The first-order chi connectivity index (χ1) is 10.9. The average Bonchev–Trinajstić information content (AvgIpc) is 2.51. The lowest BCUT2D eigenvalue weighted by atomic mass is 10.2. The highest BCUT2D eigenvalue weighted by Gasteiger charge is 2.16. The van der Waals surface area contributed by atoms with Gasteiger partial charge in [0.2, 0.25) is 17.7 Å². The summed E-state index contributed by atoms with van der Waals surface area (Å²) in [5, 5.41) is 5.41. The molecule has 0 fully saturated rings. The summed E-state index contributed by atoms with van der Waals surface area (Å²) in [6.07, 6.45) is 0.947. The third-order valence-corrected chi connectivity index (χ3v) is 3.09. The summed E-state index contributed by atoms with van der Waals surface area (Å²) in [6, 6.07) is 3.36. The predicted octanol–water partition coefficient (Wildman–Crippen LogP) is 2.51. The number of carbonyl (C=O) groups excluding carboxylic acids is 1. The zero-order valence-electron chi connectivity index (χ0n) is 12.9. The number of hydrogen-bond acceptors (Lipinski definition) is 5. The van der Waals surface area contributed by atoms with E-state index in [4.69, 9.17) is 4.74 Å². The summed E-state index contributed by atoms with van der Waals surface area (Å²) < 4.78 is 31.0. The van der Waals surface area contributed by atoms with Crippen LogP contribution < -0.4 is 15.4 Å². The molecule has 0 radical (unpaired) electrons. The number of aromatic nitrogens is 2. The number of benzene rings is 1. The lowest BCUT2D eigenvalue weighted by Crippen LogP contribution is -2.32. The van der Waals surface area contributed by atoms with Crippen molar-refractivity contribution in [3.05, 3.63) is 41.6 Å². The molecule has 1 aromatic heterocycles. The van der Waals surface area contributed by atoms with E-state index in [1.54, 1.807) is 13.8 Å². The molecule has 0 aliphatic rings. The first-order valence-corrected chi connectivity index (χ1v) is 6.80. The topological polar surface area (TPSA) is 76.1 Å². The van der Waals surface area contributed by atoms with Crippen LogP contribution >= 0.6 is 0 Å². The Morgan fingerprint density at radius 1 is 1.35 bits per heavy atom. The number of rotatable bonds is 5. The smallest absolute Gasteiger partial charge is 0.255 e. The van der Waals surface area contributed by atoms with Crippen LogP contribution in [-0.4, -0.2) is 29.0 Å². The average molecular weight is 322 g/mol. The first kappa shape index (κ1) is 16.6. The summed E-state index contributed by atoms with van der Waals surface area (Å²) in [4.78, 5) is 19.7. The standard InChI is InChI=1S/C15H16F2N4O2/c1-8-6-10(16)4-5-12(8)20-13(22)9(2)19-15-18-7-11(17)14(21-15)23-3/h4-7,9H,1-3H3,(H,20,22)(H,18,19,21). The number of nitrogens with one attached hydrogen (secondary N) is 2. The lowest BCUT2D eigenvalue weighted by molar-refractivity contribution is -0.116. The molecule has 2 rings (SSSR count). The monoisotopic (exact) mass is 322 g/mol. The summed E-state index contributed by atoms with van der Waals surface area (Å²) >= 11 is 0. The van der Waals surface area contributed by atoms with Gasteiger partial charge in [0.1, 0.15) is 11.9 Å². The molecule has 0 spiro atoms. The maximum absolute atomic E-state index is 13.2. The molecular formula is C15H16F2N4O2. The summed E-state index contributed by atoms with van der Waals surface area (Å²) in [6.45, 7) is 3.28. The molecule has 0 saturated heterocycles. The van der Waals surface area contributed by atoms with Crippen LogP contribution in [0.25, 0.3) is 0 Å². The summed E-state index contributed by atoms with van der Waals surface area (Å²) in [5.41, 5.74) is 1.10. The maximum atomic E-state index is 13.2. The molecule has 1 atom stereocenters.